The highest BCUT2D eigenvalue weighted by atomic mass is 32.2. The summed E-state index contributed by atoms with van der Waals surface area (Å²) in [6, 6.07) is 15.8. The zero-order valence-electron chi connectivity index (χ0n) is 14.4. The van der Waals surface area contributed by atoms with Gasteiger partial charge in [0.05, 0.1) is 10.4 Å². The summed E-state index contributed by atoms with van der Waals surface area (Å²) in [5.41, 5.74) is 2.81. The third-order valence-electron chi connectivity index (χ3n) is 4.82. The van der Waals surface area contributed by atoms with Crippen LogP contribution in [0.4, 0.5) is 0 Å². The first-order valence-electron chi connectivity index (χ1n) is 8.98. The van der Waals surface area contributed by atoms with Gasteiger partial charge in [-0.1, -0.05) is 37.5 Å². The van der Waals surface area contributed by atoms with Gasteiger partial charge >= 0.3 is 0 Å². The highest BCUT2D eigenvalue weighted by Crippen LogP contribution is 2.35. The molecule has 0 unspecified atom stereocenters. The summed E-state index contributed by atoms with van der Waals surface area (Å²) in [5, 5.41) is 2.28. The van der Waals surface area contributed by atoms with Crippen molar-refractivity contribution in [3.05, 3.63) is 64.4 Å². The fourth-order valence-corrected chi connectivity index (χ4v) is 4.91. The summed E-state index contributed by atoms with van der Waals surface area (Å²) >= 11 is 1.84. The minimum absolute atomic E-state index is 0.0630. The Bertz CT molecular complexity index is 943. The van der Waals surface area contributed by atoms with Crippen LogP contribution in [0, 0.1) is 6.92 Å². The van der Waals surface area contributed by atoms with E-state index in [4.69, 9.17) is 4.98 Å². The largest absolute Gasteiger partial charge is 0.289 e. The molecular formula is C21H22N2OS. The van der Waals surface area contributed by atoms with Gasteiger partial charge in [-0.15, -0.1) is 11.8 Å². The van der Waals surface area contributed by atoms with Gasteiger partial charge in [0.15, 0.2) is 5.43 Å². The number of hydrogen-bond donors (Lipinski definition) is 0. The van der Waals surface area contributed by atoms with Crippen molar-refractivity contribution in [1.29, 1.82) is 0 Å². The molecule has 4 rings (SSSR count). The summed E-state index contributed by atoms with van der Waals surface area (Å²) in [7, 11) is 0. The van der Waals surface area contributed by atoms with Crippen LogP contribution >= 0.6 is 11.8 Å². The predicted molar refractivity (Wildman–Crippen MR) is 105 cm³/mol. The molecule has 1 saturated carbocycles. The van der Waals surface area contributed by atoms with Gasteiger partial charge in [-0.25, -0.2) is 4.98 Å². The van der Waals surface area contributed by atoms with E-state index in [1.54, 1.807) is 6.07 Å². The molecule has 0 atom stereocenters. The fourth-order valence-electron chi connectivity index (χ4n) is 3.53. The Balaban J connectivity index is 1.92. The zero-order valence-corrected chi connectivity index (χ0v) is 15.3. The molecule has 128 valence electrons. The van der Waals surface area contributed by atoms with Crippen molar-refractivity contribution in [3.63, 3.8) is 0 Å². The van der Waals surface area contributed by atoms with E-state index < -0.39 is 0 Å². The fraction of sp³-hybridized carbons (Fsp3) is 0.333. The first kappa shape index (κ1) is 16.4. The Hall–Kier alpha value is -2.07. The number of nitrogens with zero attached hydrogens (tertiary/aromatic N) is 2. The van der Waals surface area contributed by atoms with Crippen LogP contribution in [0.1, 0.15) is 37.8 Å². The van der Waals surface area contributed by atoms with Crippen molar-refractivity contribution >= 4 is 22.8 Å². The normalized spacial score (nSPS) is 15.6. The summed E-state index contributed by atoms with van der Waals surface area (Å²) in [6.45, 7) is 1.97. The van der Waals surface area contributed by atoms with Crippen molar-refractivity contribution in [2.24, 2.45) is 0 Å². The van der Waals surface area contributed by atoms with Crippen molar-refractivity contribution in [1.82, 2.24) is 9.55 Å². The van der Waals surface area contributed by atoms with Crippen molar-refractivity contribution in [3.8, 4) is 5.69 Å². The van der Waals surface area contributed by atoms with E-state index in [9.17, 15) is 4.79 Å². The quantitative estimate of drug-likeness (QED) is 0.658. The number of thioether (sulfide) groups is 1. The number of benzene rings is 1. The molecule has 0 aliphatic heterocycles. The van der Waals surface area contributed by atoms with Gasteiger partial charge in [-0.3, -0.25) is 9.36 Å². The van der Waals surface area contributed by atoms with Gasteiger partial charge in [-0.05, 0) is 44.0 Å². The predicted octanol–water partition coefficient (Wildman–Crippen LogP) is 5.12. The van der Waals surface area contributed by atoms with E-state index in [0.29, 0.717) is 10.6 Å². The molecule has 0 bridgehead atoms. The number of pyridine rings is 2. The standard InChI is InChI=1S/C21H22N2OS/c1-15-12-13-18-19(24)14-20(25-17-10-6-3-7-11-17)23(21(18)22-15)16-8-4-2-5-9-16/h2,4-5,8-9,12-14,17H,3,6-7,10-11H2,1H3. The Morgan fingerprint density at radius 3 is 2.56 bits per heavy atom. The third-order valence-corrected chi connectivity index (χ3v) is 6.17. The number of rotatable bonds is 3. The third kappa shape index (κ3) is 3.36. The Morgan fingerprint density at radius 1 is 1.04 bits per heavy atom. The van der Waals surface area contributed by atoms with Crippen LogP contribution in [-0.2, 0) is 0 Å². The molecule has 3 aromatic rings. The molecule has 0 spiro atoms. The molecule has 2 aromatic heterocycles. The molecule has 1 aromatic carbocycles. The SMILES string of the molecule is Cc1ccc2c(=O)cc(SC3CCCCC3)n(-c3ccccc3)c2n1. The van der Waals surface area contributed by atoms with Gasteiger partial charge in [0, 0.05) is 22.7 Å². The Labute approximate surface area is 152 Å². The molecular weight excluding hydrogens is 328 g/mol. The van der Waals surface area contributed by atoms with Gasteiger partial charge < -0.3 is 0 Å². The number of aromatic nitrogens is 2. The Kier molecular flexibility index (Phi) is 4.62. The summed E-state index contributed by atoms with van der Waals surface area (Å²) in [4.78, 5) is 17.4. The van der Waals surface area contributed by atoms with E-state index in [1.807, 2.05) is 49.0 Å². The second-order valence-corrected chi connectivity index (χ2v) is 8.04. The first-order chi connectivity index (χ1) is 12.2. The molecule has 0 saturated heterocycles. The minimum Gasteiger partial charge on any atom is -0.289 e. The number of hydrogen-bond acceptors (Lipinski definition) is 3. The molecule has 0 radical (unpaired) electrons. The van der Waals surface area contributed by atoms with Crippen molar-refractivity contribution in [2.45, 2.75) is 49.3 Å². The molecule has 25 heavy (non-hydrogen) atoms. The van der Waals surface area contributed by atoms with E-state index >= 15 is 0 Å². The first-order valence-corrected chi connectivity index (χ1v) is 9.86. The van der Waals surface area contributed by atoms with Gasteiger partial charge in [0.1, 0.15) is 5.65 Å². The second-order valence-electron chi connectivity index (χ2n) is 6.72. The van der Waals surface area contributed by atoms with Crippen LogP contribution < -0.4 is 5.43 Å². The lowest BCUT2D eigenvalue weighted by Gasteiger charge is -2.23. The summed E-state index contributed by atoms with van der Waals surface area (Å²) in [5.74, 6) is 0. The minimum atomic E-state index is 0.0630. The van der Waals surface area contributed by atoms with E-state index in [2.05, 4.69) is 16.7 Å². The monoisotopic (exact) mass is 350 g/mol. The van der Waals surface area contributed by atoms with Gasteiger partial charge in [0.2, 0.25) is 0 Å². The number of para-hydroxylation sites is 1. The number of fused-ring (bicyclic) bond motifs is 1. The average Bonchev–Trinajstić information content (AvgIpc) is 2.63. The van der Waals surface area contributed by atoms with Gasteiger partial charge in [0.25, 0.3) is 0 Å². The molecule has 2 heterocycles. The molecule has 4 heteroatoms. The molecule has 0 N–H and O–H groups in total. The van der Waals surface area contributed by atoms with Crippen molar-refractivity contribution < 1.29 is 0 Å². The van der Waals surface area contributed by atoms with Crippen LogP contribution in [0.5, 0.6) is 0 Å². The molecule has 0 amide bonds. The topological polar surface area (TPSA) is 34.9 Å². The van der Waals surface area contributed by atoms with Crippen molar-refractivity contribution in [2.75, 3.05) is 0 Å². The second kappa shape index (κ2) is 7.04. The lowest BCUT2D eigenvalue weighted by Crippen LogP contribution is -2.15. The molecule has 1 fully saturated rings. The van der Waals surface area contributed by atoms with Crippen LogP contribution in [0.3, 0.4) is 0 Å². The van der Waals surface area contributed by atoms with E-state index in [-0.39, 0.29) is 5.43 Å². The average molecular weight is 350 g/mol. The molecule has 1 aliphatic rings. The maximum absolute atomic E-state index is 12.7. The molecule has 1 aliphatic carbocycles. The van der Waals surface area contributed by atoms with Gasteiger partial charge in [-0.2, -0.15) is 0 Å². The molecule has 3 nitrogen and oxygen atoms in total. The van der Waals surface area contributed by atoms with Crippen LogP contribution in [-0.4, -0.2) is 14.8 Å². The Morgan fingerprint density at radius 2 is 1.80 bits per heavy atom. The van der Waals surface area contributed by atoms with E-state index in [0.717, 1.165) is 22.1 Å². The summed E-state index contributed by atoms with van der Waals surface area (Å²) < 4.78 is 2.16. The lowest BCUT2D eigenvalue weighted by molar-refractivity contribution is 0.515. The smallest absolute Gasteiger partial charge is 0.192 e. The maximum Gasteiger partial charge on any atom is 0.192 e. The summed E-state index contributed by atoms with van der Waals surface area (Å²) in [6.07, 6.45) is 6.37. The number of aryl methyl sites for hydroxylation is 1. The maximum atomic E-state index is 12.7. The lowest BCUT2D eigenvalue weighted by atomic mass is 10.0. The van der Waals surface area contributed by atoms with E-state index in [1.165, 1.54) is 32.1 Å². The van der Waals surface area contributed by atoms with Crippen LogP contribution in [0.25, 0.3) is 16.7 Å². The van der Waals surface area contributed by atoms with Crippen LogP contribution in [0.15, 0.2) is 58.4 Å². The highest BCUT2D eigenvalue weighted by Gasteiger charge is 2.19. The zero-order chi connectivity index (χ0) is 17.2. The highest BCUT2D eigenvalue weighted by molar-refractivity contribution is 7.99. The van der Waals surface area contributed by atoms with Crippen LogP contribution in [0.2, 0.25) is 0 Å².